The number of sulfonamides is 1. The van der Waals surface area contributed by atoms with Crippen LogP contribution >= 0.6 is 0 Å². The summed E-state index contributed by atoms with van der Waals surface area (Å²) in [6, 6.07) is 18.3. The molecule has 2 atom stereocenters. The number of carbonyl (C=O) groups is 3. The number of phenols is 1. The van der Waals surface area contributed by atoms with Crippen LogP contribution in [0.2, 0.25) is 0 Å². The van der Waals surface area contributed by atoms with Crippen molar-refractivity contribution in [1.82, 2.24) is 25.0 Å². The lowest BCUT2D eigenvalue weighted by Crippen LogP contribution is -2.52. The predicted molar refractivity (Wildman–Crippen MR) is 185 cm³/mol. The first kappa shape index (κ1) is 38.2. The van der Waals surface area contributed by atoms with Crippen molar-refractivity contribution in [3.8, 4) is 5.75 Å². The van der Waals surface area contributed by atoms with Crippen molar-refractivity contribution in [1.29, 1.82) is 0 Å². The van der Waals surface area contributed by atoms with Crippen molar-refractivity contribution in [3.63, 3.8) is 0 Å². The molecule has 260 valence electrons. The minimum atomic E-state index is -3.81. The summed E-state index contributed by atoms with van der Waals surface area (Å²) >= 11 is 0. The standard InChI is InChI=1S/C35H47N5O7S/c1-6-17-40(18-7-2)35(45)29-21-27(20-28(22-29)34(44)38(3)4)33(43)36-31(19-25-13-15-30(41)16-14-25)32(42)23-39(5)37-48(46,47)24-26-11-9-8-10-12-26/h8-16,20-22,31-32,37,41-42H,6-7,17-19,23-24H2,1-5H3,(H,36,43). The van der Waals surface area contributed by atoms with Crippen molar-refractivity contribution in [2.24, 2.45) is 0 Å². The third-order valence-electron chi connectivity index (χ3n) is 7.50. The van der Waals surface area contributed by atoms with Gasteiger partial charge in [-0.15, -0.1) is 4.83 Å². The van der Waals surface area contributed by atoms with Gasteiger partial charge in [-0.1, -0.05) is 56.3 Å². The predicted octanol–water partition coefficient (Wildman–Crippen LogP) is 3.02. The normalized spacial score (nSPS) is 12.7. The van der Waals surface area contributed by atoms with E-state index in [1.54, 1.807) is 61.5 Å². The van der Waals surface area contributed by atoms with E-state index in [2.05, 4.69) is 10.1 Å². The van der Waals surface area contributed by atoms with Gasteiger partial charge in [-0.25, -0.2) is 13.4 Å². The summed E-state index contributed by atoms with van der Waals surface area (Å²) in [5, 5.41) is 25.2. The number of hydrazine groups is 1. The number of aromatic hydroxyl groups is 1. The molecule has 48 heavy (non-hydrogen) atoms. The van der Waals surface area contributed by atoms with Crippen molar-refractivity contribution < 1.29 is 33.0 Å². The Hall–Kier alpha value is -4.30. The Labute approximate surface area is 283 Å². The van der Waals surface area contributed by atoms with Crippen molar-refractivity contribution in [2.45, 2.75) is 51.0 Å². The lowest BCUT2D eigenvalue weighted by atomic mass is 9.99. The van der Waals surface area contributed by atoms with E-state index in [1.165, 1.54) is 47.3 Å². The van der Waals surface area contributed by atoms with Gasteiger partial charge in [-0.2, -0.15) is 0 Å². The zero-order valence-electron chi connectivity index (χ0n) is 28.2. The van der Waals surface area contributed by atoms with Crippen LogP contribution in [0.15, 0.2) is 72.8 Å². The van der Waals surface area contributed by atoms with Crippen molar-refractivity contribution in [2.75, 3.05) is 40.8 Å². The Morgan fingerprint density at radius 2 is 1.35 bits per heavy atom. The molecule has 0 aliphatic rings. The van der Waals surface area contributed by atoms with Gasteiger partial charge in [0, 0.05) is 57.5 Å². The highest BCUT2D eigenvalue weighted by molar-refractivity contribution is 7.88. The molecule has 3 rings (SSSR count). The maximum atomic E-state index is 13.8. The second-order valence-electron chi connectivity index (χ2n) is 12.0. The molecule has 0 aliphatic carbocycles. The molecule has 0 fully saturated rings. The number of carbonyl (C=O) groups excluding carboxylic acids is 3. The van der Waals surface area contributed by atoms with Crippen LogP contribution in [0.3, 0.4) is 0 Å². The van der Waals surface area contributed by atoms with Crippen LogP contribution in [0.1, 0.15) is 68.9 Å². The van der Waals surface area contributed by atoms with E-state index >= 15 is 0 Å². The quantitative estimate of drug-likeness (QED) is 0.158. The minimum absolute atomic E-state index is 0.0483. The molecule has 12 nitrogen and oxygen atoms in total. The van der Waals surface area contributed by atoms with Crippen LogP contribution in [0.5, 0.6) is 5.75 Å². The van der Waals surface area contributed by atoms with Gasteiger partial charge in [-0.05, 0) is 60.7 Å². The average Bonchev–Trinajstić information content (AvgIpc) is 3.04. The summed E-state index contributed by atoms with van der Waals surface area (Å²) < 4.78 is 25.6. The number of hydrogen-bond donors (Lipinski definition) is 4. The number of amides is 3. The number of phenolic OH excluding ortho intramolecular Hbond substituents is 1. The summed E-state index contributed by atoms with van der Waals surface area (Å²) in [5.74, 6) is -1.54. The van der Waals surface area contributed by atoms with Gasteiger partial charge in [0.1, 0.15) is 5.75 Å². The number of aliphatic hydroxyl groups is 1. The number of likely N-dealkylation sites (N-methyl/N-ethyl adjacent to an activating group) is 1. The van der Waals surface area contributed by atoms with E-state index < -0.39 is 28.1 Å². The molecule has 0 radical (unpaired) electrons. The topological polar surface area (TPSA) is 160 Å². The Bertz CT molecular complexity index is 1630. The molecule has 3 amide bonds. The van der Waals surface area contributed by atoms with E-state index in [0.29, 0.717) is 24.2 Å². The highest BCUT2D eigenvalue weighted by Crippen LogP contribution is 2.18. The first-order valence-electron chi connectivity index (χ1n) is 15.9. The largest absolute Gasteiger partial charge is 0.508 e. The summed E-state index contributed by atoms with van der Waals surface area (Å²) in [4.78, 5) is 45.9. The molecule has 0 saturated heterocycles. The zero-order chi connectivity index (χ0) is 35.4. The number of aliphatic hydroxyl groups excluding tert-OH is 1. The summed E-state index contributed by atoms with van der Waals surface area (Å²) in [6.07, 6.45) is 0.330. The average molecular weight is 682 g/mol. The molecule has 0 saturated carbocycles. The molecular weight excluding hydrogens is 634 g/mol. The third kappa shape index (κ3) is 11.4. The molecule has 2 unspecified atom stereocenters. The molecule has 0 spiro atoms. The molecule has 0 aliphatic heterocycles. The van der Waals surface area contributed by atoms with Gasteiger partial charge in [0.25, 0.3) is 17.7 Å². The Balaban J connectivity index is 1.90. The van der Waals surface area contributed by atoms with Gasteiger partial charge in [0.2, 0.25) is 10.0 Å². The smallest absolute Gasteiger partial charge is 0.253 e. The molecule has 0 heterocycles. The molecule has 3 aromatic rings. The van der Waals surface area contributed by atoms with Gasteiger partial charge in [0.05, 0.1) is 17.9 Å². The molecule has 0 aromatic heterocycles. The lowest BCUT2D eigenvalue weighted by molar-refractivity contribution is 0.0687. The van der Waals surface area contributed by atoms with Crippen molar-refractivity contribution >= 4 is 27.7 Å². The number of benzene rings is 3. The van der Waals surface area contributed by atoms with E-state index in [9.17, 15) is 33.0 Å². The highest BCUT2D eigenvalue weighted by Gasteiger charge is 2.27. The minimum Gasteiger partial charge on any atom is -0.508 e. The fourth-order valence-corrected chi connectivity index (χ4v) is 6.48. The van der Waals surface area contributed by atoms with Gasteiger partial charge in [-0.3, -0.25) is 14.4 Å². The van der Waals surface area contributed by atoms with E-state index in [-0.39, 0.29) is 53.0 Å². The van der Waals surface area contributed by atoms with Crippen LogP contribution in [-0.2, 0) is 22.2 Å². The number of nitrogens with one attached hydrogen (secondary N) is 2. The van der Waals surface area contributed by atoms with Gasteiger partial charge < -0.3 is 25.3 Å². The van der Waals surface area contributed by atoms with E-state index in [4.69, 9.17) is 0 Å². The number of hydrogen-bond acceptors (Lipinski definition) is 8. The first-order chi connectivity index (χ1) is 22.7. The number of nitrogens with zero attached hydrogens (tertiary/aromatic N) is 3. The first-order valence-corrected chi connectivity index (χ1v) is 17.6. The van der Waals surface area contributed by atoms with Crippen molar-refractivity contribution in [3.05, 3.63) is 101 Å². The molecular formula is C35H47N5O7S. The highest BCUT2D eigenvalue weighted by atomic mass is 32.2. The number of rotatable bonds is 17. The maximum absolute atomic E-state index is 13.8. The fourth-order valence-electron chi connectivity index (χ4n) is 5.23. The lowest BCUT2D eigenvalue weighted by Gasteiger charge is -2.28. The summed E-state index contributed by atoms with van der Waals surface area (Å²) in [6.45, 7) is 4.77. The SMILES string of the molecule is CCCN(CCC)C(=O)c1cc(C(=O)NC(Cc2ccc(O)cc2)C(O)CN(C)NS(=O)(=O)Cc2ccccc2)cc(C(=O)N(C)C)c1. The second kappa shape index (κ2) is 17.7. The zero-order valence-corrected chi connectivity index (χ0v) is 29.0. The van der Waals surface area contributed by atoms with Crippen LogP contribution in [0.25, 0.3) is 0 Å². The van der Waals surface area contributed by atoms with Gasteiger partial charge in [0.15, 0.2) is 0 Å². The summed E-state index contributed by atoms with van der Waals surface area (Å²) in [5.41, 5.74) is 1.69. The van der Waals surface area contributed by atoms with E-state index in [0.717, 1.165) is 12.8 Å². The molecule has 13 heteroatoms. The monoisotopic (exact) mass is 681 g/mol. The van der Waals surface area contributed by atoms with Crippen LogP contribution in [0, 0.1) is 0 Å². The maximum Gasteiger partial charge on any atom is 0.253 e. The Morgan fingerprint density at radius 3 is 1.92 bits per heavy atom. The van der Waals surface area contributed by atoms with Crippen LogP contribution < -0.4 is 10.1 Å². The van der Waals surface area contributed by atoms with Gasteiger partial charge >= 0.3 is 0 Å². The molecule has 3 aromatic carbocycles. The van der Waals surface area contributed by atoms with Crippen LogP contribution in [0.4, 0.5) is 0 Å². The fraction of sp³-hybridized carbons (Fsp3) is 0.400. The summed E-state index contributed by atoms with van der Waals surface area (Å²) in [7, 11) is 0.815. The Kier molecular flexibility index (Phi) is 14.1. The molecule has 0 bridgehead atoms. The van der Waals surface area contributed by atoms with Crippen LogP contribution in [-0.4, -0.2) is 104 Å². The second-order valence-corrected chi connectivity index (χ2v) is 13.7. The van der Waals surface area contributed by atoms with E-state index in [1.807, 2.05) is 13.8 Å². The molecule has 4 N–H and O–H groups in total. The Morgan fingerprint density at radius 1 is 0.792 bits per heavy atom. The third-order valence-corrected chi connectivity index (χ3v) is 8.80.